The minimum atomic E-state index is -0.356. The molecule has 196 valence electrons. The number of ether oxygens (including phenoxy) is 1. The number of ketones is 1. The number of fused-ring (bicyclic) bond motifs is 5. The molecule has 7 atom stereocenters. The summed E-state index contributed by atoms with van der Waals surface area (Å²) in [6, 6.07) is 0. The molecule has 2 amide bonds. The van der Waals surface area contributed by atoms with Crippen molar-refractivity contribution < 1.29 is 19.1 Å². The fraction of sp³-hybridized carbons (Fsp3) is 0.897. The van der Waals surface area contributed by atoms with Crippen LogP contribution >= 0.6 is 0 Å². The first-order valence-electron chi connectivity index (χ1n) is 14.4. The van der Waals surface area contributed by atoms with Crippen molar-refractivity contribution in [2.24, 2.45) is 34.5 Å². The van der Waals surface area contributed by atoms with Gasteiger partial charge in [-0.15, -0.1) is 0 Å². The molecule has 4 aliphatic carbocycles. The second kappa shape index (κ2) is 9.06. The molecule has 0 N–H and O–H groups in total. The monoisotopic (exact) mass is 486 g/mol. The summed E-state index contributed by atoms with van der Waals surface area (Å²) in [5.41, 5.74) is -0.121. The maximum Gasteiger partial charge on any atom is 0.410 e. The van der Waals surface area contributed by atoms with E-state index in [4.69, 9.17) is 4.74 Å². The molecule has 0 unspecified atom stereocenters. The van der Waals surface area contributed by atoms with E-state index in [-0.39, 0.29) is 23.0 Å². The fourth-order valence-corrected chi connectivity index (χ4v) is 9.28. The van der Waals surface area contributed by atoms with E-state index < -0.39 is 0 Å². The van der Waals surface area contributed by atoms with E-state index in [1.54, 1.807) is 0 Å². The predicted molar refractivity (Wildman–Crippen MR) is 135 cm³/mol. The van der Waals surface area contributed by atoms with Crippen molar-refractivity contribution in [3.05, 3.63) is 0 Å². The van der Waals surface area contributed by atoms with Crippen LogP contribution in [-0.2, 0) is 14.3 Å². The van der Waals surface area contributed by atoms with Gasteiger partial charge in [0.1, 0.15) is 11.4 Å². The zero-order valence-electron chi connectivity index (χ0n) is 22.4. The van der Waals surface area contributed by atoms with Gasteiger partial charge in [0, 0.05) is 37.9 Å². The Kier molecular flexibility index (Phi) is 6.49. The molecule has 4 saturated carbocycles. The zero-order chi connectivity index (χ0) is 25.0. The van der Waals surface area contributed by atoms with Gasteiger partial charge in [-0.3, -0.25) is 9.59 Å². The molecule has 1 aliphatic heterocycles. The number of hydrogen-bond donors (Lipinski definition) is 0. The van der Waals surface area contributed by atoms with E-state index in [0.717, 1.165) is 51.5 Å². The molecular formula is C29H46N2O4. The van der Waals surface area contributed by atoms with E-state index in [0.29, 0.717) is 60.9 Å². The summed E-state index contributed by atoms with van der Waals surface area (Å²) in [5, 5.41) is 0. The molecule has 5 fully saturated rings. The molecule has 1 spiro atoms. The quantitative estimate of drug-likeness (QED) is 0.502. The third kappa shape index (κ3) is 4.01. The van der Waals surface area contributed by atoms with Crippen LogP contribution in [0.5, 0.6) is 0 Å². The Hall–Kier alpha value is -1.59. The minimum absolute atomic E-state index is 0.0629. The second-order valence-electron chi connectivity index (χ2n) is 13.0. The molecule has 0 aromatic carbocycles. The Balaban J connectivity index is 1.24. The Labute approximate surface area is 211 Å². The highest BCUT2D eigenvalue weighted by atomic mass is 16.6. The van der Waals surface area contributed by atoms with E-state index in [1.165, 1.54) is 19.3 Å². The highest BCUT2D eigenvalue weighted by Crippen LogP contribution is 2.66. The highest BCUT2D eigenvalue weighted by molar-refractivity contribution is 5.87. The van der Waals surface area contributed by atoms with Crippen LogP contribution in [-0.4, -0.2) is 59.4 Å². The van der Waals surface area contributed by atoms with Crippen LogP contribution in [0.3, 0.4) is 0 Å². The standard InChI is InChI=1S/C29H46N2O4/c1-5-15-30(25(33)6-2)16-17-31-19-29(35-26(31)34)14-13-27(3)20(18-29)7-8-21-22-9-10-24(32)28(22,4)12-11-23(21)27/h20-23H,5-19H2,1-4H3/t20-,21-,22-,23-,27-,28-,29+/m0/s1. The van der Waals surface area contributed by atoms with Gasteiger partial charge in [-0.2, -0.15) is 0 Å². The number of nitrogens with zero attached hydrogens (tertiary/aromatic N) is 2. The number of amides is 2. The van der Waals surface area contributed by atoms with E-state index in [9.17, 15) is 14.4 Å². The van der Waals surface area contributed by atoms with E-state index >= 15 is 0 Å². The van der Waals surface area contributed by atoms with Gasteiger partial charge in [0.2, 0.25) is 5.91 Å². The summed E-state index contributed by atoms with van der Waals surface area (Å²) in [7, 11) is 0. The summed E-state index contributed by atoms with van der Waals surface area (Å²) in [6.45, 7) is 11.3. The molecule has 6 heteroatoms. The highest BCUT2D eigenvalue weighted by Gasteiger charge is 2.62. The first-order chi connectivity index (χ1) is 16.7. The maximum absolute atomic E-state index is 12.9. The van der Waals surface area contributed by atoms with Gasteiger partial charge < -0.3 is 14.5 Å². The Morgan fingerprint density at radius 1 is 1.03 bits per heavy atom. The molecule has 6 nitrogen and oxygen atoms in total. The topological polar surface area (TPSA) is 66.9 Å². The normalized spacial score (nSPS) is 42.5. The molecule has 5 aliphatic rings. The molecule has 0 aromatic rings. The Morgan fingerprint density at radius 2 is 1.83 bits per heavy atom. The largest absolute Gasteiger partial charge is 0.441 e. The van der Waals surface area contributed by atoms with Crippen molar-refractivity contribution in [2.45, 2.75) is 104 Å². The average molecular weight is 487 g/mol. The van der Waals surface area contributed by atoms with Crippen LogP contribution in [0.1, 0.15) is 98.3 Å². The smallest absolute Gasteiger partial charge is 0.410 e. The minimum Gasteiger partial charge on any atom is -0.441 e. The Bertz CT molecular complexity index is 875. The number of carbonyl (C=O) groups excluding carboxylic acids is 3. The summed E-state index contributed by atoms with van der Waals surface area (Å²) in [4.78, 5) is 41.6. The number of Topliss-reactive ketones (excluding diaryl/α,β-unsaturated/α-hetero) is 1. The number of carbonyl (C=O) groups is 3. The van der Waals surface area contributed by atoms with Crippen molar-refractivity contribution in [2.75, 3.05) is 26.2 Å². The summed E-state index contributed by atoms with van der Waals surface area (Å²) >= 11 is 0. The molecule has 0 bridgehead atoms. The lowest BCUT2D eigenvalue weighted by Gasteiger charge is -2.61. The fourth-order valence-electron chi connectivity index (χ4n) is 9.28. The van der Waals surface area contributed by atoms with Crippen LogP contribution in [0.2, 0.25) is 0 Å². The number of rotatable bonds is 6. The van der Waals surface area contributed by atoms with Crippen LogP contribution in [0, 0.1) is 34.5 Å². The van der Waals surface area contributed by atoms with Crippen LogP contribution in [0.15, 0.2) is 0 Å². The van der Waals surface area contributed by atoms with Crippen molar-refractivity contribution >= 4 is 17.8 Å². The van der Waals surface area contributed by atoms with Gasteiger partial charge in [0.25, 0.3) is 0 Å². The van der Waals surface area contributed by atoms with Gasteiger partial charge in [0.15, 0.2) is 0 Å². The SMILES string of the molecule is CCCN(CCN1C[C@]2(CC[C@@]3(C)[C@@H](CC[C@@H]4[C@@H]3CC[C@]3(C)C(=O)CC[C@@H]43)C2)OC1=O)C(=O)CC. The molecular weight excluding hydrogens is 440 g/mol. The van der Waals surface area contributed by atoms with Crippen LogP contribution in [0.25, 0.3) is 0 Å². The zero-order valence-corrected chi connectivity index (χ0v) is 22.4. The van der Waals surface area contributed by atoms with E-state index in [2.05, 4.69) is 20.8 Å². The molecule has 0 radical (unpaired) electrons. The molecule has 35 heavy (non-hydrogen) atoms. The first kappa shape index (κ1) is 25.1. The summed E-state index contributed by atoms with van der Waals surface area (Å²) < 4.78 is 6.15. The lowest BCUT2D eigenvalue weighted by atomic mass is 9.44. The van der Waals surface area contributed by atoms with Gasteiger partial charge in [0.05, 0.1) is 6.54 Å². The van der Waals surface area contributed by atoms with Crippen molar-refractivity contribution in [3.8, 4) is 0 Å². The van der Waals surface area contributed by atoms with E-state index in [1.807, 2.05) is 16.7 Å². The van der Waals surface area contributed by atoms with Crippen molar-refractivity contribution in [3.63, 3.8) is 0 Å². The van der Waals surface area contributed by atoms with Gasteiger partial charge in [-0.25, -0.2) is 4.79 Å². The lowest BCUT2D eigenvalue weighted by molar-refractivity contribution is -0.149. The molecule has 1 saturated heterocycles. The number of hydrogen-bond acceptors (Lipinski definition) is 4. The van der Waals surface area contributed by atoms with Gasteiger partial charge in [-0.05, 0) is 86.9 Å². The molecule has 0 aromatic heterocycles. The van der Waals surface area contributed by atoms with Crippen LogP contribution in [0.4, 0.5) is 4.79 Å². The summed E-state index contributed by atoms with van der Waals surface area (Å²) in [5.74, 6) is 3.25. The van der Waals surface area contributed by atoms with Crippen LogP contribution < -0.4 is 0 Å². The van der Waals surface area contributed by atoms with Crippen molar-refractivity contribution in [1.29, 1.82) is 0 Å². The molecule has 5 rings (SSSR count). The lowest BCUT2D eigenvalue weighted by Crippen LogP contribution is -2.56. The first-order valence-corrected chi connectivity index (χ1v) is 14.4. The third-order valence-corrected chi connectivity index (χ3v) is 11.3. The average Bonchev–Trinajstić information content (AvgIpc) is 3.32. The summed E-state index contributed by atoms with van der Waals surface area (Å²) in [6.07, 6.45) is 10.9. The second-order valence-corrected chi connectivity index (χ2v) is 13.0. The molecule has 1 heterocycles. The predicted octanol–water partition coefficient (Wildman–Crippen LogP) is 5.44. The Morgan fingerprint density at radius 3 is 2.57 bits per heavy atom. The maximum atomic E-state index is 12.9. The van der Waals surface area contributed by atoms with Gasteiger partial charge in [-0.1, -0.05) is 27.7 Å². The van der Waals surface area contributed by atoms with Gasteiger partial charge >= 0.3 is 6.09 Å². The third-order valence-electron chi connectivity index (χ3n) is 11.3. The van der Waals surface area contributed by atoms with Crippen molar-refractivity contribution in [1.82, 2.24) is 9.80 Å².